The summed E-state index contributed by atoms with van der Waals surface area (Å²) in [4.78, 5) is 0. The first-order chi connectivity index (χ1) is 9.72. The van der Waals surface area contributed by atoms with Gasteiger partial charge in [-0.1, -0.05) is 23.7 Å². The van der Waals surface area contributed by atoms with Gasteiger partial charge in [0.15, 0.2) is 0 Å². The Morgan fingerprint density at radius 2 is 2.00 bits per heavy atom. The molecule has 0 radical (unpaired) electrons. The third kappa shape index (κ3) is 3.30. The van der Waals surface area contributed by atoms with Crippen molar-refractivity contribution < 1.29 is 9.13 Å². The van der Waals surface area contributed by atoms with Crippen molar-refractivity contribution in [2.45, 2.75) is 25.4 Å². The van der Waals surface area contributed by atoms with Crippen LogP contribution in [0, 0.1) is 5.82 Å². The molecule has 0 atom stereocenters. The molecule has 0 aliphatic heterocycles. The summed E-state index contributed by atoms with van der Waals surface area (Å²) in [6.07, 6.45) is 2.43. The van der Waals surface area contributed by atoms with E-state index in [-0.39, 0.29) is 5.82 Å². The molecule has 1 N–H and O–H groups in total. The van der Waals surface area contributed by atoms with Crippen LogP contribution in [-0.2, 0) is 6.54 Å². The summed E-state index contributed by atoms with van der Waals surface area (Å²) in [5.74, 6) is 0.818. The molecule has 20 heavy (non-hydrogen) atoms. The van der Waals surface area contributed by atoms with Crippen LogP contribution in [0.3, 0.4) is 0 Å². The lowest BCUT2D eigenvalue weighted by atomic mass is 10.2. The largest absolute Gasteiger partial charge is 0.457 e. The number of hydrogen-bond donors (Lipinski definition) is 1. The Bertz CT molecular complexity index is 613. The average molecular weight is 292 g/mol. The summed E-state index contributed by atoms with van der Waals surface area (Å²) in [5, 5.41) is 4.07. The molecule has 0 amide bonds. The van der Waals surface area contributed by atoms with Crippen LogP contribution in [0.4, 0.5) is 4.39 Å². The van der Waals surface area contributed by atoms with E-state index in [9.17, 15) is 4.39 Å². The van der Waals surface area contributed by atoms with E-state index in [4.69, 9.17) is 16.3 Å². The van der Waals surface area contributed by atoms with Gasteiger partial charge in [0, 0.05) is 29.2 Å². The Balaban J connectivity index is 1.82. The van der Waals surface area contributed by atoms with Crippen LogP contribution in [0.1, 0.15) is 18.4 Å². The van der Waals surface area contributed by atoms with Gasteiger partial charge in [-0.2, -0.15) is 0 Å². The first-order valence-electron chi connectivity index (χ1n) is 6.66. The Labute approximate surface area is 122 Å². The van der Waals surface area contributed by atoms with Crippen molar-refractivity contribution in [1.29, 1.82) is 0 Å². The van der Waals surface area contributed by atoms with Gasteiger partial charge in [-0.3, -0.25) is 0 Å². The van der Waals surface area contributed by atoms with E-state index in [1.165, 1.54) is 25.0 Å². The van der Waals surface area contributed by atoms with E-state index in [0.29, 0.717) is 29.1 Å². The van der Waals surface area contributed by atoms with Crippen molar-refractivity contribution in [2.75, 3.05) is 0 Å². The molecule has 1 fully saturated rings. The van der Waals surface area contributed by atoms with Gasteiger partial charge < -0.3 is 10.1 Å². The summed E-state index contributed by atoms with van der Waals surface area (Å²) in [6.45, 7) is 0.662. The Morgan fingerprint density at radius 1 is 1.20 bits per heavy atom. The molecule has 1 aliphatic carbocycles. The zero-order valence-electron chi connectivity index (χ0n) is 10.9. The van der Waals surface area contributed by atoms with Crippen molar-refractivity contribution in [1.82, 2.24) is 5.32 Å². The lowest BCUT2D eigenvalue weighted by Crippen LogP contribution is -2.16. The zero-order valence-corrected chi connectivity index (χ0v) is 11.7. The standard InChI is InChI=1S/C16H15ClFNO/c17-15-5-2-6-16(14(15)10-19-12-7-8-12)20-13-4-1-3-11(18)9-13/h1-6,9,12,19H,7-8,10H2. The van der Waals surface area contributed by atoms with E-state index in [2.05, 4.69) is 5.32 Å². The fraction of sp³-hybridized carbons (Fsp3) is 0.250. The van der Waals surface area contributed by atoms with Gasteiger partial charge in [0.2, 0.25) is 0 Å². The maximum atomic E-state index is 13.2. The minimum Gasteiger partial charge on any atom is -0.457 e. The second-order valence-corrected chi connectivity index (χ2v) is 5.34. The van der Waals surface area contributed by atoms with Gasteiger partial charge in [-0.25, -0.2) is 4.39 Å². The molecule has 0 unspecified atom stereocenters. The molecule has 2 aromatic rings. The third-order valence-corrected chi connectivity index (χ3v) is 3.60. The van der Waals surface area contributed by atoms with Crippen LogP contribution in [0.15, 0.2) is 42.5 Å². The molecule has 0 bridgehead atoms. The molecule has 3 rings (SSSR count). The second kappa shape index (κ2) is 5.81. The number of rotatable bonds is 5. The predicted octanol–water partition coefficient (Wildman–Crippen LogP) is 4.52. The number of halogens is 2. The fourth-order valence-corrected chi connectivity index (χ4v) is 2.23. The van der Waals surface area contributed by atoms with Gasteiger partial charge in [0.1, 0.15) is 17.3 Å². The summed E-state index contributed by atoms with van der Waals surface area (Å²) in [7, 11) is 0. The molecule has 4 heteroatoms. The highest BCUT2D eigenvalue weighted by molar-refractivity contribution is 6.31. The predicted molar refractivity (Wildman–Crippen MR) is 77.8 cm³/mol. The molecule has 0 aromatic heterocycles. The van der Waals surface area contributed by atoms with Gasteiger partial charge in [-0.15, -0.1) is 0 Å². The van der Waals surface area contributed by atoms with Gasteiger partial charge in [0.25, 0.3) is 0 Å². The van der Waals surface area contributed by atoms with E-state index in [0.717, 1.165) is 5.56 Å². The molecule has 0 spiro atoms. The Morgan fingerprint density at radius 3 is 2.75 bits per heavy atom. The third-order valence-electron chi connectivity index (χ3n) is 3.24. The van der Waals surface area contributed by atoms with Crippen molar-refractivity contribution in [3.8, 4) is 11.5 Å². The molecular weight excluding hydrogens is 277 g/mol. The zero-order chi connectivity index (χ0) is 13.9. The Hall–Kier alpha value is -1.58. The number of hydrogen-bond acceptors (Lipinski definition) is 2. The maximum absolute atomic E-state index is 13.2. The number of nitrogens with one attached hydrogen (secondary N) is 1. The van der Waals surface area contributed by atoms with Crippen LogP contribution in [0.25, 0.3) is 0 Å². The highest BCUT2D eigenvalue weighted by Crippen LogP contribution is 2.31. The lowest BCUT2D eigenvalue weighted by Gasteiger charge is -2.13. The normalized spacial score (nSPS) is 14.3. The molecule has 0 saturated heterocycles. The van der Waals surface area contributed by atoms with Crippen molar-refractivity contribution >= 4 is 11.6 Å². The van der Waals surface area contributed by atoms with Crippen LogP contribution in [0.2, 0.25) is 5.02 Å². The Kier molecular flexibility index (Phi) is 3.90. The molecule has 2 nitrogen and oxygen atoms in total. The quantitative estimate of drug-likeness (QED) is 0.874. The van der Waals surface area contributed by atoms with E-state index >= 15 is 0 Å². The molecule has 1 saturated carbocycles. The summed E-state index contributed by atoms with van der Waals surface area (Å²) >= 11 is 6.24. The average Bonchev–Trinajstić information content (AvgIpc) is 3.22. The molecule has 104 valence electrons. The van der Waals surface area contributed by atoms with Crippen molar-refractivity contribution in [3.05, 3.63) is 58.9 Å². The van der Waals surface area contributed by atoms with Crippen LogP contribution >= 0.6 is 11.6 Å². The smallest absolute Gasteiger partial charge is 0.133 e. The monoisotopic (exact) mass is 291 g/mol. The second-order valence-electron chi connectivity index (χ2n) is 4.93. The SMILES string of the molecule is Fc1cccc(Oc2cccc(Cl)c2CNC2CC2)c1. The minimum atomic E-state index is -0.317. The van der Waals surface area contributed by atoms with Crippen LogP contribution in [-0.4, -0.2) is 6.04 Å². The van der Waals surface area contributed by atoms with Gasteiger partial charge in [0.05, 0.1) is 0 Å². The lowest BCUT2D eigenvalue weighted by molar-refractivity contribution is 0.467. The summed E-state index contributed by atoms with van der Waals surface area (Å²) in [6, 6.07) is 12.2. The fourth-order valence-electron chi connectivity index (χ4n) is 2.00. The molecule has 2 aromatic carbocycles. The first kappa shape index (κ1) is 13.4. The minimum absolute atomic E-state index is 0.317. The van der Waals surface area contributed by atoms with E-state index < -0.39 is 0 Å². The first-order valence-corrected chi connectivity index (χ1v) is 7.04. The molecule has 0 heterocycles. The molecule has 1 aliphatic rings. The van der Waals surface area contributed by atoms with Crippen molar-refractivity contribution in [2.24, 2.45) is 0 Å². The maximum Gasteiger partial charge on any atom is 0.133 e. The van der Waals surface area contributed by atoms with Crippen LogP contribution in [0.5, 0.6) is 11.5 Å². The van der Waals surface area contributed by atoms with Gasteiger partial charge in [-0.05, 0) is 37.1 Å². The summed E-state index contributed by atoms with van der Waals surface area (Å²) < 4.78 is 19.0. The topological polar surface area (TPSA) is 21.3 Å². The number of ether oxygens (including phenoxy) is 1. The van der Waals surface area contributed by atoms with E-state index in [1.54, 1.807) is 12.1 Å². The van der Waals surface area contributed by atoms with Crippen LogP contribution < -0.4 is 10.1 Å². The summed E-state index contributed by atoms with van der Waals surface area (Å²) in [5.41, 5.74) is 0.908. The molecular formula is C16H15ClFNO. The van der Waals surface area contributed by atoms with Gasteiger partial charge >= 0.3 is 0 Å². The van der Waals surface area contributed by atoms with Crippen molar-refractivity contribution in [3.63, 3.8) is 0 Å². The number of benzene rings is 2. The highest BCUT2D eigenvalue weighted by Gasteiger charge is 2.21. The highest BCUT2D eigenvalue weighted by atomic mass is 35.5. The van der Waals surface area contributed by atoms with E-state index in [1.807, 2.05) is 18.2 Å².